The number of benzene rings is 1. The maximum absolute atomic E-state index is 10.6. The fourth-order valence-corrected chi connectivity index (χ4v) is 4.53. The normalized spacial score (nSPS) is 27.1. The summed E-state index contributed by atoms with van der Waals surface area (Å²) in [5.41, 5.74) is 1.29. The highest BCUT2D eigenvalue weighted by molar-refractivity contribution is 5.73. The molecule has 0 saturated heterocycles. The number of fused-ring (bicyclic) bond motifs is 2. The van der Waals surface area contributed by atoms with E-state index in [-0.39, 0.29) is 0 Å². The highest BCUT2D eigenvalue weighted by Gasteiger charge is 2.42. The predicted molar refractivity (Wildman–Crippen MR) is 103 cm³/mol. The standard InChI is InChI=1S/C19H29NO2.C2HF3O2/c1-13(2-3-14-4-8-18(22)9-5-14)20-19-16-6-7-17(19)11-15(10-16)12-21;3-2(4,5)1(6)7/h4-5,8-9,13,15-17,19-22H,2-3,6-7,10-12H2,1H3;(H,6,7)/t13?,15?,16-,17+,19?;. The Labute approximate surface area is 168 Å². The van der Waals surface area contributed by atoms with Crippen LogP contribution in [0.1, 0.15) is 44.6 Å². The van der Waals surface area contributed by atoms with Crippen molar-refractivity contribution in [2.45, 2.75) is 63.7 Å². The molecule has 29 heavy (non-hydrogen) atoms. The summed E-state index contributed by atoms with van der Waals surface area (Å²) in [5, 5.41) is 29.7. The number of hydrogen-bond acceptors (Lipinski definition) is 4. The number of phenolic OH excluding ortho intramolecular Hbond substituents is 1. The monoisotopic (exact) mass is 417 g/mol. The van der Waals surface area contributed by atoms with Crippen molar-refractivity contribution in [3.63, 3.8) is 0 Å². The number of rotatable bonds is 6. The zero-order valence-corrected chi connectivity index (χ0v) is 16.5. The third-order valence-corrected chi connectivity index (χ3v) is 5.98. The lowest BCUT2D eigenvalue weighted by molar-refractivity contribution is -0.192. The smallest absolute Gasteiger partial charge is 0.490 e. The molecule has 0 amide bonds. The van der Waals surface area contributed by atoms with Crippen LogP contribution in [0, 0.1) is 17.8 Å². The summed E-state index contributed by atoms with van der Waals surface area (Å²) in [6, 6.07) is 8.74. The largest absolute Gasteiger partial charge is 0.508 e. The van der Waals surface area contributed by atoms with E-state index in [4.69, 9.17) is 9.90 Å². The number of phenols is 1. The van der Waals surface area contributed by atoms with Gasteiger partial charge in [-0.05, 0) is 80.9 Å². The molecule has 2 saturated carbocycles. The van der Waals surface area contributed by atoms with Crippen LogP contribution in [0.15, 0.2) is 24.3 Å². The summed E-state index contributed by atoms with van der Waals surface area (Å²) in [6.07, 6.45) is 2.18. The molecule has 4 N–H and O–H groups in total. The first kappa shape index (κ1) is 23.5. The molecule has 164 valence electrons. The van der Waals surface area contributed by atoms with Crippen LogP contribution >= 0.6 is 0 Å². The van der Waals surface area contributed by atoms with Gasteiger partial charge in [-0.25, -0.2) is 4.79 Å². The van der Waals surface area contributed by atoms with Gasteiger partial charge in [0.25, 0.3) is 0 Å². The number of nitrogens with one attached hydrogen (secondary N) is 1. The number of carboxylic acid groups (broad SMARTS) is 1. The van der Waals surface area contributed by atoms with E-state index < -0.39 is 12.1 Å². The Kier molecular flexibility index (Phi) is 8.34. The molecule has 0 heterocycles. The fourth-order valence-electron chi connectivity index (χ4n) is 4.53. The van der Waals surface area contributed by atoms with Gasteiger partial charge in [-0.2, -0.15) is 13.2 Å². The lowest BCUT2D eigenvalue weighted by Crippen LogP contribution is -2.46. The third-order valence-electron chi connectivity index (χ3n) is 5.98. The van der Waals surface area contributed by atoms with Gasteiger partial charge in [0.1, 0.15) is 5.75 Å². The van der Waals surface area contributed by atoms with E-state index in [1.54, 1.807) is 12.1 Å². The van der Waals surface area contributed by atoms with Crippen molar-refractivity contribution in [2.24, 2.45) is 17.8 Å². The van der Waals surface area contributed by atoms with Crippen LogP contribution < -0.4 is 5.32 Å². The van der Waals surface area contributed by atoms with Crippen LogP contribution in [0.25, 0.3) is 0 Å². The Bertz CT molecular complexity index is 636. The number of aryl methyl sites for hydroxylation is 1. The second kappa shape index (κ2) is 10.3. The van der Waals surface area contributed by atoms with E-state index in [0.29, 0.717) is 30.4 Å². The van der Waals surface area contributed by atoms with Gasteiger partial charge in [-0.15, -0.1) is 0 Å². The fraction of sp³-hybridized carbons (Fsp3) is 0.667. The van der Waals surface area contributed by atoms with E-state index in [0.717, 1.165) is 24.7 Å². The second-order valence-corrected chi connectivity index (χ2v) is 8.22. The van der Waals surface area contributed by atoms with E-state index >= 15 is 0 Å². The molecule has 2 aliphatic rings. The Hall–Kier alpha value is -1.80. The Morgan fingerprint density at radius 1 is 1.17 bits per heavy atom. The molecule has 5 nitrogen and oxygen atoms in total. The van der Waals surface area contributed by atoms with Gasteiger partial charge < -0.3 is 20.6 Å². The molecule has 1 aromatic rings. The number of carbonyl (C=O) groups is 1. The first-order chi connectivity index (χ1) is 13.6. The number of carboxylic acids is 1. The molecule has 2 bridgehead atoms. The summed E-state index contributed by atoms with van der Waals surface area (Å²) in [7, 11) is 0. The average molecular weight is 417 g/mol. The summed E-state index contributed by atoms with van der Waals surface area (Å²) >= 11 is 0. The minimum Gasteiger partial charge on any atom is -0.508 e. The SMILES string of the molecule is CC(CCc1ccc(O)cc1)NC1[C@@H]2CC[C@H]1CC(CO)C2.O=C(O)C(F)(F)F. The first-order valence-electron chi connectivity index (χ1n) is 10.0. The van der Waals surface area contributed by atoms with Crippen molar-refractivity contribution in [3.05, 3.63) is 29.8 Å². The van der Waals surface area contributed by atoms with Gasteiger partial charge in [0.2, 0.25) is 0 Å². The van der Waals surface area contributed by atoms with E-state index in [1.165, 1.54) is 31.2 Å². The lowest BCUT2D eigenvalue weighted by Gasteiger charge is -2.37. The number of aliphatic carboxylic acids is 1. The first-order valence-corrected chi connectivity index (χ1v) is 10.0. The molecule has 2 aliphatic carbocycles. The molecule has 3 rings (SSSR count). The zero-order valence-electron chi connectivity index (χ0n) is 16.5. The minimum absolute atomic E-state index is 0.340. The van der Waals surface area contributed by atoms with Crippen LogP contribution in [0.2, 0.25) is 0 Å². The summed E-state index contributed by atoms with van der Waals surface area (Å²) < 4.78 is 31.7. The highest BCUT2D eigenvalue weighted by Crippen LogP contribution is 2.45. The maximum Gasteiger partial charge on any atom is 0.490 e. The van der Waals surface area contributed by atoms with Crippen LogP contribution in [-0.2, 0) is 11.2 Å². The average Bonchev–Trinajstić information content (AvgIpc) is 2.89. The summed E-state index contributed by atoms with van der Waals surface area (Å²) in [6.45, 7) is 2.66. The number of alkyl halides is 3. The van der Waals surface area contributed by atoms with Gasteiger partial charge >= 0.3 is 12.1 Å². The second-order valence-electron chi connectivity index (χ2n) is 8.22. The highest BCUT2D eigenvalue weighted by atomic mass is 19.4. The van der Waals surface area contributed by atoms with E-state index in [2.05, 4.69) is 12.2 Å². The number of hydrogen-bond donors (Lipinski definition) is 4. The van der Waals surface area contributed by atoms with Crippen LogP contribution in [-0.4, -0.2) is 46.2 Å². The maximum atomic E-state index is 10.6. The van der Waals surface area contributed by atoms with Crippen molar-refractivity contribution in [1.82, 2.24) is 5.32 Å². The molecule has 0 radical (unpaired) electrons. The predicted octanol–water partition coefficient (Wildman–Crippen LogP) is 3.73. The molecular weight excluding hydrogens is 387 g/mol. The number of aliphatic hydroxyl groups excluding tert-OH is 1. The third kappa shape index (κ3) is 7.19. The molecular formula is C21H30F3NO4. The summed E-state index contributed by atoms with van der Waals surface area (Å²) in [5.74, 6) is -0.332. The molecule has 1 aromatic carbocycles. The molecule has 0 aliphatic heterocycles. The Balaban J connectivity index is 0.000000370. The molecule has 5 atom stereocenters. The quantitative estimate of drug-likeness (QED) is 0.566. The van der Waals surface area contributed by atoms with Crippen LogP contribution in [0.3, 0.4) is 0 Å². The van der Waals surface area contributed by atoms with Crippen molar-refractivity contribution in [3.8, 4) is 5.75 Å². The van der Waals surface area contributed by atoms with Gasteiger partial charge in [-0.3, -0.25) is 0 Å². The Morgan fingerprint density at radius 2 is 1.69 bits per heavy atom. The van der Waals surface area contributed by atoms with Crippen molar-refractivity contribution in [1.29, 1.82) is 0 Å². The van der Waals surface area contributed by atoms with Gasteiger partial charge in [0.15, 0.2) is 0 Å². The minimum atomic E-state index is -5.08. The molecule has 3 unspecified atom stereocenters. The molecule has 0 aromatic heterocycles. The van der Waals surface area contributed by atoms with Gasteiger partial charge in [-0.1, -0.05) is 12.1 Å². The van der Waals surface area contributed by atoms with Crippen molar-refractivity contribution < 1.29 is 33.3 Å². The van der Waals surface area contributed by atoms with Crippen LogP contribution in [0.5, 0.6) is 5.75 Å². The van der Waals surface area contributed by atoms with Gasteiger partial charge in [0.05, 0.1) is 0 Å². The lowest BCUT2D eigenvalue weighted by atomic mass is 9.77. The zero-order chi connectivity index (χ0) is 21.6. The number of aliphatic hydroxyl groups is 1. The molecule has 0 spiro atoms. The van der Waals surface area contributed by atoms with Gasteiger partial charge in [0, 0.05) is 18.7 Å². The topological polar surface area (TPSA) is 89.8 Å². The van der Waals surface area contributed by atoms with E-state index in [9.17, 15) is 23.4 Å². The number of aromatic hydroxyl groups is 1. The number of halogens is 3. The Morgan fingerprint density at radius 3 is 2.14 bits per heavy atom. The molecule has 8 heteroatoms. The van der Waals surface area contributed by atoms with Crippen molar-refractivity contribution >= 4 is 5.97 Å². The van der Waals surface area contributed by atoms with Crippen molar-refractivity contribution in [2.75, 3.05) is 6.61 Å². The molecule has 2 fully saturated rings. The van der Waals surface area contributed by atoms with E-state index in [1.807, 2.05) is 12.1 Å². The summed E-state index contributed by atoms with van der Waals surface area (Å²) in [4.78, 5) is 8.90. The van der Waals surface area contributed by atoms with Crippen LogP contribution in [0.4, 0.5) is 13.2 Å².